The number of carbonyl (C=O) groups excluding carboxylic acids is 1. The molecular formula is C13H20BNO. The van der Waals surface area contributed by atoms with Gasteiger partial charge in [0.15, 0.2) is 0 Å². The van der Waals surface area contributed by atoms with E-state index in [2.05, 4.69) is 13.8 Å². The quantitative estimate of drug-likeness (QED) is 0.618. The van der Waals surface area contributed by atoms with Crippen LogP contribution in [0.5, 0.6) is 0 Å². The summed E-state index contributed by atoms with van der Waals surface area (Å²) >= 11 is 0. The van der Waals surface area contributed by atoms with Crippen molar-refractivity contribution in [1.29, 1.82) is 0 Å². The molecule has 16 heavy (non-hydrogen) atoms. The molecule has 2 aliphatic rings. The van der Waals surface area contributed by atoms with E-state index in [-0.39, 0.29) is 17.8 Å². The second-order valence-corrected chi connectivity index (χ2v) is 5.29. The highest BCUT2D eigenvalue weighted by Crippen LogP contribution is 2.37. The number of rotatable bonds is 1. The number of hydrogen-bond acceptors (Lipinski definition) is 1. The van der Waals surface area contributed by atoms with Crippen LogP contribution >= 0.6 is 0 Å². The minimum absolute atomic E-state index is 0.255. The van der Waals surface area contributed by atoms with Gasteiger partial charge in [-0.05, 0) is 38.7 Å². The fraction of sp³-hybridized carbons (Fsp3) is 0.769. The minimum atomic E-state index is 0.255. The van der Waals surface area contributed by atoms with Crippen molar-refractivity contribution >= 4 is 13.8 Å². The van der Waals surface area contributed by atoms with Crippen molar-refractivity contribution in [3.63, 3.8) is 0 Å². The molecule has 0 fully saturated rings. The van der Waals surface area contributed by atoms with Crippen LogP contribution in [0.3, 0.4) is 0 Å². The molecule has 0 aromatic carbocycles. The summed E-state index contributed by atoms with van der Waals surface area (Å²) in [5.41, 5.74) is 2.60. The highest BCUT2D eigenvalue weighted by atomic mass is 16.2. The van der Waals surface area contributed by atoms with E-state index in [9.17, 15) is 4.79 Å². The maximum atomic E-state index is 12.0. The van der Waals surface area contributed by atoms with Crippen LogP contribution < -0.4 is 0 Å². The van der Waals surface area contributed by atoms with Gasteiger partial charge < -0.3 is 4.90 Å². The Bertz CT molecular complexity index is 322. The van der Waals surface area contributed by atoms with Crippen LogP contribution in [0, 0.1) is 0 Å². The van der Waals surface area contributed by atoms with Gasteiger partial charge in [0, 0.05) is 11.7 Å². The van der Waals surface area contributed by atoms with E-state index in [1.165, 1.54) is 24.1 Å². The van der Waals surface area contributed by atoms with Crippen LogP contribution in [-0.4, -0.2) is 24.7 Å². The van der Waals surface area contributed by atoms with Crippen LogP contribution in [0.15, 0.2) is 11.3 Å². The lowest BCUT2D eigenvalue weighted by atomic mass is 9.76. The lowest BCUT2D eigenvalue weighted by molar-refractivity contribution is -0.128. The van der Waals surface area contributed by atoms with E-state index in [4.69, 9.17) is 7.85 Å². The molecule has 0 N–H and O–H groups in total. The summed E-state index contributed by atoms with van der Waals surface area (Å²) in [6.07, 6.45) is 6.06. The average Bonchev–Trinajstić information content (AvgIpc) is 2.46. The molecule has 0 saturated heterocycles. The van der Waals surface area contributed by atoms with E-state index in [0.29, 0.717) is 6.42 Å². The average molecular weight is 217 g/mol. The second kappa shape index (κ2) is 4.64. The second-order valence-electron chi connectivity index (χ2n) is 5.29. The zero-order chi connectivity index (χ0) is 11.7. The topological polar surface area (TPSA) is 20.3 Å². The van der Waals surface area contributed by atoms with Gasteiger partial charge in [-0.15, -0.1) is 0 Å². The summed E-state index contributed by atoms with van der Waals surface area (Å²) in [4.78, 5) is 14.0. The molecule has 86 valence electrons. The Morgan fingerprint density at radius 2 is 2.12 bits per heavy atom. The van der Waals surface area contributed by atoms with Crippen LogP contribution in [0.25, 0.3) is 0 Å². The molecule has 1 heterocycles. The van der Waals surface area contributed by atoms with Gasteiger partial charge in [0.2, 0.25) is 5.91 Å². The van der Waals surface area contributed by atoms with E-state index in [1.807, 2.05) is 4.90 Å². The first kappa shape index (κ1) is 11.8. The van der Waals surface area contributed by atoms with Gasteiger partial charge in [-0.2, -0.15) is 0 Å². The fourth-order valence-electron chi connectivity index (χ4n) is 2.90. The molecule has 2 radical (unpaired) electrons. The third-order valence-electron chi connectivity index (χ3n) is 3.60. The molecule has 0 aromatic heterocycles. The Morgan fingerprint density at radius 1 is 1.38 bits per heavy atom. The Balaban J connectivity index is 2.24. The Kier molecular flexibility index (Phi) is 3.41. The molecule has 2 nitrogen and oxygen atoms in total. The molecule has 2 rings (SSSR count). The standard InChI is InChI=1S/C13H20BNO/c1-9(2)15-12-6-4-3-5-11(14)7-10(12)8-13(15)16/h9,11H,3-8H2,1-2H3. The van der Waals surface area contributed by atoms with Crippen molar-refractivity contribution in [1.82, 2.24) is 4.90 Å². The lowest BCUT2D eigenvalue weighted by Crippen LogP contribution is -2.32. The number of carbonyl (C=O) groups is 1. The molecule has 1 aliphatic carbocycles. The van der Waals surface area contributed by atoms with Crippen molar-refractivity contribution in [3.05, 3.63) is 11.3 Å². The smallest absolute Gasteiger partial charge is 0.231 e. The van der Waals surface area contributed by atoms with Crippen molar-refractivity contribution in [2.45, 2.75) is 64.2 Å². The first-order valence-corrected chi connectivity index (χ1v) is 6.38. The highest BCUT2D eigenvalue weighted by Gasteiger charge is 2.32. The number of nitrogens with zero attached hydrogens (tertiary/aromatic N) is 1. The number of amides is 1. The third-order valence-corrected chi connectivity index (χ3v) is 3.60. The van der Waals surface area contributed by atoms with Crippen molar-refractivity contribution in [2.24, 2.45) is 0 Å². The van der Waals surface area contributed by atoms with Gasteiger partial charge in [-0.3, -0.25) is 4.79 Å². The molecule has 0 bridgehead atoms. The fourth-order valence-corrected chi connectivity index (χ4v) is 2.90. The minimum Gasteiger partial charge on any atom is -0.313 e. The number of hydrogen-bond donors (Lipinski definition) is 0. The zero-order valence-corrected chi connectivity index (χ0v) is 10.3. The summed E-state index contributed by atoms with van der Waals surface area (Å²) in [6.45, 7) is 4.18. The molecule has 1 atom stereocenters. The van der Waals surface area contributed by atoms with Gasteiger partial charge in [0.05, 0.1) is 14.3 Å². The summed E-state index contributed by atoms with van der Waals surface area (Å²) in [6, 6.07) is 0.288. The van der Waals surface area contributed by atoms with Gasteiger partial charge in [0.25, 0.3) is 0 Å². The molecule has 1 unspecified atom stereocenters. The van der Waals surface area contributed by atoms with Gasteiger partial charge >= 0.3 is 0 Å². The summed E-state index contributed by atoms with van der Waals surface area (Å²) in [5, 5.41) is 0. The van der Waals surface area contributed by atoms with E-state index >= 15 is 0 Å². The van der Waals surface area contributed by atoms with Crippen LogP contribution in [-0.2, 0) is 4.79 Å². The predicted molar refractivity (Wildman–Crippen MR) is 66.2 cm³/mol. The molecule has 0 saturated carbocycles. The molecule has 0 spiro atoms. The number of allylic oxidation sites excluding steroid dienone is 1. The maximum absolute atomic E-state index is 12.0. The predicted octanol–water partition coefficient (Wildman–Crippen LogP) is 2.80. The molecule has 3 heteroatoms. The van der Waals surface area contributed by atoms with Gasteiger partial charge in [-0.1, -0.05) is 18.7 Å². The van der Waals surface area contributed by atoms with Gasteiger partial charge in [-0.25, -0.2) is 0 Å². The third kappa shape index (κ3) is 2.18. The first-order chi connectivity index (χ1) is 7.59. The summed E-state index contributed by atoms with van der Waals surface area (Å²) < 4.78 is 0. The highest BCUT2D eigenvalue weighted by molar-refractivity contribution is 6.11. The Morgan fingerprint density at radius 3 is 2.81 bits per heavy atom. The molecular weight excluding hydrogens is 197 g/mol. The van der Waals surface area contributed by atoms with Crippen molar-refractivity contribution < 1.29 is 4.79 Å². The first-order valence-electron chi connectivity index (χ1n) is 6.38. The Labute approximate surface area is 99.5 Å². The maximum Gasteiger partial charge on any atom is 0.231 e. The van der Waals surface area contributed by atoms with Crippen molar-refractivity contribution in [2.75, 3.05) is 0 Å². The van der Waals surface area contributed by atoms with Gasteiger partial charge in [0.1, 0.15) is 0 Å². The normalized spacial score (nSPS) is 27.1. The summed E-state index contributed by atoms with van der Waals surface area (Å²) in [5.74, 6) is 0.527. The van der Waals surface area contributed by atoms with Crippen LogP contribution in [0.1, 0.15) is 52.4 Å². The van der Waals surface area contributed by atoms with E-state index in [1.54, 1.807) is 0 Å². The van der Waals surface area contributed by atoms with E-state index < -0.39 is 0 Å². The van der Waals surface area contributed by atoms with Crippen molar-refractivity contribution in [3.8, 4) is 0 Å². The Hall–Kier alpha value is -0.725. The summed E-state index contributed by atoms with van der Waals surface area (Å²) in [7, 11) is 6.06. The lowest BCUT2D eigenvalue weighted by Gasteiger charge is -2.26. The largest absolute Gasteiger partial charge is 0.313 e. The molecule has 0 aromatic rings. The van der Waals surface area contributed by atoms with Crippen LogP contribution in [0.2, 0.25) is 5.82 Å². The SMILES string of the molecule is [B]C1CCCCC2=C(CC(=O)N2C(C)C)C1. The zero-order valence-electron chi connectivity index (χ0n) is 10.3. The van der Waals surface area contributed by atoms with Crippen LogP contribution in [0.4, 0.5) is 0 Å². The molecule has 1 aliphatic heterocycles. The monoisotopic (exact) mass is 217 g/mol. The molecule has 1 amide bonds. The van der Waals surface area contributed by atoms with E-state index in [0.717, 1.165) is 19.3 Å².